The van der Waals surface area contributed by atoms with E-state index in [1.807, 2.05) is 19.9 Å². The Morgan fingerprint density at radius 1 is 1.11 bits per heavy atom. The first-order valence-electron chi connectivity index (χ1n) is 13.1. The van der Waals surface area contributed by atoms with E-state index >= 15 is 0 Å². The number of allylic oxidation sites excluding steroid dienone is 1. The molecule has 0 bridgehead atoms. The molecule has 0 unspecified atom stereocenters. The Kier molecular flexibility index (Phi) is 11.0. The molecule has 0 radical (unpaired) electrons. The van der Waals surface area contributed by atoms with Crippen molar-refractivity contribution in [3.05, 3.63) is 42.0 Å². The summed E-state index contributed by atoms with van der Waals surface area (Å²) in [5.74, 6) is -0.209. The molecule has 8 heteroatoms. The molecule has 36 heavy (non-hydrogen) atoms. The molecule has 6 nitrogen and oxygen atoms in total. The van der Waals surface area contributed by atoms with E-state index in [-0.39, 0.29) is 34.5 Å². The molecule has 1 aromatic carbocycles. The first kappa shape index (κ1) is 30.7. The number of cyclic esters (lactones) is 1. The molecule has 204 valence electrons. The number of carbonyl (C=O) groups excluding carboxylic acids is 1. The largest absolute Gasteiger partial charge is 0.462 e. The van der Waals surface area contributed by atoms with E-state index in [0.29, 0.717) is 25.2 Å². The minimum absolute atomic E-state index is 0.0547. The van der Waals surface area contributed by atoms with Crippen LogP contribution in [0.5, 0.6) is 0 Å². The van der Waals surface area contributed by atoms with Gasteiger partial charge in [0.2, 0.25) is 0 Å². The van der Waals surface area contributed by atoms with E-state index in [2.05, 4.69) is 46.9 Å². The summed E-state index contributed by atoms with van der Waals surface area (Å²) in [7, 11) is -5.80. The zero-order chi connectivity index (χ0) is 27.1. The van der Waals surface area contributed by atoms with Crippen molar-refractivity contribution in [2.75, 3.05) is 6.61 Å². The van der Waals surface area contributed by atoms with Crippen LogP contribution < -0.4 is 0 Å². The van der Waals surface area contributed by atoms with Crippen molar-refractivity contribution < 1.29 is 26.6 Å². The molecule has 1 aliphatic rings. The molecule has 0 fully saturated rings. The average molecular weight is 539 g/mol. The molecule has 4 atom stereocenters. The Labute approximate surface area is 220 Å². The van der Waals surface area contributed by atoms with E-state index in [1.54, 1.807) is 12.1 Å². The number of hydrogen-bond donors (Lipinski definition) is 0. The molecule has 0 N–H and O–H groups in total. The van der Waals surface area contributed by atoms with Gasteiger partial charge < -0.3 is 9.16 Å². The van der Waals surface area contributed by atoms with Gasteiger partial charge in [-0.1, -0.05) is 64.5 Å². The highest BCUT2D eigenvalue weighted by atomic mass is 32.2. The van der Waals surface area contributed by atoms with Crippen LogP contribution in [0.1, 0.15) is 72.3 Å². The zero-order valence-corrected chi connectivity index (χ0v) is 25.2. The third-order valence-corrected chi connectivity index (χ3v) is 13.3. The summed E-state index contributed by atoms with van der Waals surface area (Å²) in [4.78, 5) is 12.8. The minimum Gasteiger partial charge on any atom is -0.462 e. The lowest BCUT2D eigenvalue weighted by Crippen LogP contribution is -2.45. The topological polar surface area (TPSA) is 78.9 Å². The number of carbonyl (C=O) groups is 1. The monoisotopic (exact) mass is 538 g/mol. The first-order valence-corrected chi connectivity index (χ1v) is 17.4. The summed E-state index contributed by atoms with van der Waals surface area (Å²) >= 11 is 0. The van der Waals surface area contributed by atoms with Gasteiger partial charge in [-0.15, -0.1) is 0 Å². The van der Waals surface area contributed by atoms with Crippen LogP contribution in [0.3, 0.4) is 0 Å². The molecule has 0 saturated heterocycles. The highest BCUT2D eigenvalue weighted by Gasteiger charge is 2.40. The normalized spacial score (nSPS) is 23.9. The van der Waals surface area contributed by atoms with Crippen molar-refractivity contribution in [2.24, 2.45) is 11.8 Å². The van der Waals surface area contributed by atoms with Crippen molar-refractivity contribution in [3.8, 4) is 0 Å². The minimum atomic E-state index is -3.87. The molecule has 1 heterocycles. The van der Waals surface area contributed by atoms with Crippen LogP contribution in [0, 0.1) is 18.8 Å². The summed E-state index contributed by atoms with van der Waals surface area (Å²) in [6.07, 6.45) is 7.05. The maximum atomic E-state index is 12.7. The van der Waals surface area contributed by atoms with Gasteiger partial charge in [-0.05, 0) is 62.4 Å². The van der Waals surface area contributed by atoms with Gasteiger partial charge in [0.05, 0.1) is 11.5 Å². The molecular weight excluding hydrogens is 492 g/mol. The number of rotatable bonds is 7. The number of aryl methyl sites for hydroxylation is 1. The fraction of sp³-hybridized carbons (Fsp3) is 0.679. The van der Waals surface area contributed by atoms with Gasteiger partial charge in [-0.2, -0.15) is 8.42 Å². The molecule has 0 spiro atoms. The molecular formula is C28H46O6SSi. The van der Waals surface area contributed by atoms with Gasteiger partial charge in [-0.3, -0.25) is 8.98 Å². The third-order valence-electron chi connectivity index (χ3n) is 7.51. The van der Waals surface area contributed by atoms with Crippen molar-refractivity contribution in [1.82, 2.24) is 0 Å². The maximum Gasteiger partial charge on any atom is 0.306 e. The second-order valence-corrected chi connectivity index (χ2v) is 18.2. The lowest BCUT2D eigenvalue weighted by Gasteiger charge is -2.41. The lowest BCUT2D eigenvalue weighted by atomic mass is 9.95. The second kappa shape index (κ2) is 12.8. The van der Waals surface area contributed by atoms with Gasteiger partial charge in [0, 0.05) is 24.9 Å². The molecule has 0 amide bonds. The SMILES string of the molecule is Cc1ccc(S(=O)(=O)OC[C@H](C)[C@H]2CC=CC[C@H](C)[C@@H](O[Si](C)(C)C(C)(C)C)CCCC(=O)O2)cc1. The highest BCUT2D eigenvalue weighted by Crippen LogP contribution is 2.39. The fourth-order valence-corrected chi connectivity index (χ4v) is 6.32. The summed E-state index contributed by atoms with van der Waals surface area (Å²) in [5.41, 5.74) is 0.974. The quantitative estimate of drug-likeness (QED) is 0.164. The van der Waals surface area contributed by atoms with Crippen LogP contribution >= 0.6 is 0 Å². The molecule has 1 aliphatic heterocycles. The van der Waals surface area contributed by atoms with Crippen LogP contribution in [-0.4, -0.2) is 41.5 Å². The Morgan fingerprint density at radius 2 is 1.72 bits per heavy atom. The van der Waals surface area contributed by atoms with Gasteiger partial charge in [0.1, 0.15) is 6.10 Å². The van der Waals surface area contributed by atoms with Crippen molar-refractivity contribution in [2.45, 2.75) is 109 Å². The number of hydrogen-bond acceptors (Lipinski definition) is 6. The Morgan fingerprint density at radius 3 is 2.33 bits per heavy atom. The van der Waals surface area contributed by atoms with Gasteiger partial charge in [0.25, 0.3) is 10.1 Å². The predicted molar refractivity (Wildman–Crippen MR) is 147 cm³/mol. The number of benzene rings is 1. The summed E-state index contributed by atoms with van der Waals surface area (Å²) < 4.78 is 43.0. The van der Waals surface area contributed by atoms with Crippen LogP contribution in [0.2, 0.25) is 18.1 Å². The molecule has 2 rings (SSSR count). The van der Waals surface area contributed by atoms with E-state index in [0.717, 1.165) is 18.4 Å². The highest BCUT2D eigenvalue weighted by molar-refractivity contribution is 7.86. The van der Waals surface area contributed by atoms with Crippen LogP contribution in [0.25, 0.3) is 0 Å². The third kappa shape index (κ3) is 9.12. The van der Waals surface area contributed by atoms with Crippen molar-refractivity contribution in [1.29, 1.82) is 0 Å². The van der Waals surface area contributed by atoms with Crippen LogP contribution in [0.15, 0.2) is 41.3 Å². The van der Waals surface area contributed by atoms with Crippen molar-refractivity contribution in [3.63, 3.8) is 0 Å². The number of esters is 1. The Bertz CT molecular complexity index is 978. The van der Waals surface area contributed by atoms with E-state index in [9.17, 15) is 13.2 Å². The Hall–Kier alpha value is -1.48. The van der Waals surface area contributed by atoms with E-state index < -0.39 is 24.5 Å². The van der Waals surface area contributed by atoms with Crippen molar-refractivity contribution >= 4 is 24.4 Å². The summed E-state index contributed by atoms with van der Waals surface area (Å²) in [5, 5.41) is 0.129. The fourth-order valence-electron chi connectivity index (χ4n) is 3.86. The first-order chi connectivity index (χ1) is 16.6. The standard InChI is InChI=1S/C28H46O6SSi/c1-21-16-18-24(19-17-21)35(30,31)32-20-23(3)25-13-10-9-12-22(2)26(14-11-15-27(29)33-25)34-36(7,8)28(4,5)6/h9-10,16-19,22-23,25-26H,11-15,20H2,1-8H3/t22-,23-,25+,26-/m0/s1. The lowest BCUT2D eigenvalue weighted by molar-refractivity contribution is -0.152. The van der Waals surface area contributed by atoms with Gasteiger partial charge >= 0.3 is 5.97 Å². The molecule has 0 aromatic heterocycles. The van der Waals surface area contributed by atoms with E-state index in [4.69, 9.17) is 13.3 Å². The molecule has 0 saturated carbocycles. The summed E-state index contributed by atoms with van der Waals surface area (Å²) in [6, 6.07) is 6.55. The van der Waals surface area contributed by atoms with Gasteiger partial charge in [-0.25, -0.2) is 0 Å². The maximum absolute atomic E-state index is 12.7. The summed E-state index contributed by atoms with van der Waals surface area (Å²) in [6.45, 7) is 17.2. The molecule has 1 aromatic rings. The predicted octanol–water partition coefficient (Wildman–Crippen LogP) is 6.80. The van der Waals surface area contributed by atoms with Crippen LogP contribution in [0.4, 0.5) is 0 Å². The van der Waals surface area contributed by atoms with Crippen LogP contribution in [-0.2, 0) is 28.3 Å². The van der Waals surface area contributed by atoms with E-state index in [1.165, 1.54) is 12.1 Å². The average Bonchev–Trinajstić information content (AvgIpc) is 2.77. The van der Waals surface area contributed by atoms with Gasteiger partial charge in [0.15, 0.2) is 8.32 Å². The second-order valence-electron chi connectivity index (χ2n) is 11.8. The zero-order valence-electron chi connectivity index (χ0n) is 23.4. The number of ether oxygens (including phenoxy) is 1. The molecule has 0 aliphatic carbocycles. The smallest absolute Gasteiger partial charge is 0.306 e. The Balaban J connectivity index is 2.04.